The Morgan fingerprint density at radius 1 is 1.36 bits per heavy atom. The van der Waals surface area contributed by atoms with E-state index in [4.69, 9.17) is 9.47 Å². The number of rotatable bonds is 8. The second kappa shape index (κ2) is 8.60. The lowest BCUT2D eigenvalue weighted by atomic mass is 9.86. The number of esters is 1. The van der Waals surface area contributed by atoms with E-state index in [-0.39, 0.29) is 13.3 Å². The zero-order valence-electron chi connectivity index (χ0n) is 14.2. The van der Waals surface area contributed by atoms with Crippen LogP contribution in [0.15, 0.2) is 42.6 Å². The molecule has 134 valence electrons. The zero-order valence-corrected chi connectivity index (χ0v) is 14.2. The third-order valence-electron chi connectivity index (χ3n) is 3.98. The molecule has 1 fully saturated rings. The minimum Gasteiger partial charge on any atom is -0.468 e. The number of carbonyl (C=O) groups is 2. The van der Waals surface area contributed by atoms with Crippen LogP contribution in [0, 0.1) is 0 Å². The Kier molecular flexibility index (Phi) is 6.50. The molecule has 7 nitrogen and oxygen atoms in total. The number of nitrogens with zero attached hydrogens (tertiary/aromatic N) is 1. The number of carbonyl (C=O) groups excluding carboxylic acids is 2. The van der Waals surface area contributed by atoms with Gasteiger partial charge in [0, 0.05) is 12.7 Å². The van der Waals surface area contributed by atoms with Crippen LogP contribution in [-0.4, -0.2) is 67.7 Å². The predicted molar refractivity (Wildman–Crippen MR) is 89.3 cm³/mol. The fraction of sp³-hybridized carbons (Fsp3) is 0.389. The number of hydrogen-bond acceptors (Lipinski definition) is 6. The van der Waals surface area contributed by atoms with Crippen LogP contribution in [0.4, 0.5) is 0 Å². The molecule has 0 bridgehead atoms. The second-order valence-electron chi connectivity index (χ2n) is 5.43. The van der Waals surface area contributed by atoms with Crippen molar-refractivity contribution in [1.29, 1.82) is 0 Å². The Balaban J connectivity index is 2.33. The lowest BCUT2D eigenvalue weighted by molar-refractivity contribution is -0.185. The second-order valence-corrected chi connectivity index (χ2v) is 5.43. The summed E-state index contributed by atoms with van der Waals surface area (Å²) in [5.74, 6) is -1.14. The summed E-state index contributed by atoms with van der Waals surface area (Å²) in [5, 5.41) is 10.2. The molecule has 0 saturated carbocycles. The summed E-state index contributed by atoms with van der Waals surface area (Å²) in [6.07, 6.45) is -2.06. The standard InChI is InChI=1S/C18H21NO6/c1-4-13(12-8-6-5-7-9-12)17(25-11-23-2)15-16(21)18(22)19(15)10-14(20)24-3/h5-9,15-17,21H,1,10-11H2,2-3H3/t15-,16-,17+/m1/s1. The maximum atomic E-state index is 12.0. The normalized spacial score (nSPS) is 20.4. The molecule has 0 radical (unpaired) electrons. The van der Waals surface area contributed by atoms with Crippen molar-refractivity contribution in [3.8, 4) is 0 Å². The van der Waals surface area contributed by atoms with Crippen LogP contribution >= 0.6 is 0 Å². The molecular weight excluding hydrogens is 326 g/mol. The number of hydrogen-bond donors (Lipinski definition) is 1. The molecular formula is C18H21NO6. The molecule has 2 rings (SSSR count). The summed E-state index contributed by atoms with van der Waals surface area (Å²) in [6.45, 7) is 3.36. The molecule has 7 heteroatoms. The first-order chi connectivity index (χ1) is 12.0. The topological polar surface area (TPSA) is 85.3 Å². The van der Waals surface area contributed by atoms with Gasteiger partial charge in [-0.15, -0.1) is 5.73 Å². The number of aliphatic hydroxyl groups is 1. The molecule has 1 amide bonds. The van der Waals surface area contributed by atoms with Crippen molar-refractivity contribution < 1.29 is 28.9 Å². The minimum absolute atomic E-state index is 0.0633. The molecule has 3 atom stereocenters. The van der Waals surface area contributed by atoms with E-state index in [0.29, 0.717) is 5.57 Å². The summed E-state index contributed by atoms with van der Waals surface area (Å²) in [6, 6.07) is 8.46. The van der Waals surface area contributed by atoms with Crippen molar-refractivity contribution in [3.05, 3.63) is 48.2 Å². The van der Waals surface area contributed by atoms with Crippen molar-refractivity contribution in [2.24, 2.45) is 0 Å². The van der Waals surface area contributed by atoms with Crippen LogP contribution in [0.25, 0.3) is 5.57 Å². The van der Waals surface area contributed by atoms with Crippen molar-refractivity contribution in [3.63, 3.8) is 0 Å². The van der Waals surface area contributed by atoms with Crippen LogP contribution in [0.5, 0.6) is 0 Å². The monoisotopic (exact) mass is 347 g/mol. The highest BCUT2D eigenvalue weighted by Gasteiger charge is 2.52. The third kappa shape index (κ3) is 3.97. The zero-order chi connectivity index (χ0) is 18.4. The van der Waals surface area contributed by atoms with Crippen molar-refractivity contribution >= 4 is 17.4 Å². The Morgan fingerprint density at radius 2 is 2.04 bits per heavy atom. The van der Waals surface area contributed by atoms with Crippen LogP contribution in [-0.2, 0) is 23.8 Å². The van der Waals surface area contributed by atoms with Crippen molar-refractivity contribution in [1.82, 2.24) is 4.90 Å². The lowest BCUT2D eigenvalue weighted by Crippen LogP contribution is -2.70. The Hall–Kier alpha value is -2.44. The molecule has 0 aromatic heterocycles. The van der Waals surface area contributed by atoms with E-state index in [1.54, 1.807) is 0 Å². The van der Waals surface area contributed by atoms with Crippen LogP contribution in [0.2, 0.25) is 0 Å². The Morgan fingerprint density at radius 3 is 2.60 bits per heavy atom. The smallest absolute Gasteiger partial charge is 0.325 e. The first-order valence-electron chi connectivity index (χ1n) is 7.66. The SMILES string of the molecule is C=C=C(c1ccccc1)[C@H](OCOC)[C@H]1[C@@H](O)C(=O)N1CC(=O)OC. The van der Waals surface area contributed by atoms with Gasteiger partial charge in [0.05, 0.1) is 13.2 Å². The van der Waals surface area contributed by atoms with Crippen LogP contribution in [0.1, 0.15) is 5.56 Å². The minimum atomic E-state index is -1.29. The fourth-order valence-corrected chi connectivity index (χ4v) is 2.75. The molecule has 0 spiro atoms. The average Bonchev–Trinajstić information content (AvgIpc) is 2.65. The maximum Gasteiger partial charge on any atom is 0.325 e. The van der Waals surface area contributed by atoms with E-state index in [2.05, 4.69) is 17.0 Å². The lowest BCUT2D eigenvalue weighted by Gasteiger charge is -2.47. The van der Waals surface area contributed by atoms with E-state index in [0.717, 1.165) is 5.56 Å². The Labute approximate surface area is 146 Å². The quantitative estimate of drug-likeness (QED) is 0.321. The average molecular weight is 347 g/mol. The summed E-state index contributed by atoms with van der Waals surface area (Å²) in [5.41, 5.74) is 4.16. The van der Waals surface area contributed by atoms with Crippen molar-refractivity contribution in [2.75, 3.05) is 27.6 Å². The highest BCUT2D eigenvalue weighted by atomic mass is 16.7. The van der Waals surface area contributed by atoms with Gasteiger partial charge < -0.3 is 24.2 Å². The molecule has 1 aliphatic rings. The molecule has 25 heavy (non-hydrogen) atoms. The number of aliphatic hydroxyl groups excluding tert-OH is 1. The number of β-lactam (4-membered cyclic amide) rings is 1. The molecule has 1 aliphatic heterocycles. The van der Waals surface area contributed by atoms with Gasteiger partial charge in [0.25, 0.3) is 5.91 Å². The van der Waals surface area contributed by atoms with Gasteiger partial charge in [-0.2, -0.15) is 0 Å². The van der Waals surface area contributed by atoms with Gasteiger partial charge in [-0.3, -0.25) is 9.59 Å². The molecule has 1 N–H and O–H groups in total. The number of ether oxygens (including phenoxy) is 3. The van der Waals surface area contributed by atoms with Gasteiger partial charge in [0.2, 0.25) is 0 Å². The van der Waals surface area contributed by atoms with Gasteiger partial charge in [-0.05, 0) is 5.56 Å². The first-order valence-corrected chi connectivity index (χ1v) is 7.66. The molecule has 1 saturated heterocycles. The number of likely N-dealkylation sites (tertiary alicyclic amines) is 1. The largest absolute Gasteiger partial charge is 0.468 e. The summed E-state index contributed by atoms with van der Waals surface area (Å²) in [4.78, 5) is 24.8. The highest BCUT2D eigenvalue weighted by molar-refractivity contribution is 5.92. The van der Waals surface area contributed by atoms with Crippen molar-refractivity contribution in [2.45, 2.75) is 18.2 Å². The van der Waals surface area contributed by atoms with E-state index < -0.39 is 30.1 Å². The van der Waals surface area contributed by atoms with E-state index >= 15 is 0 Å². The molecule has 1 heterocycles. The third-order valence-corrected chi connectivity index (χ3v) is 3.98. The fourth-order valence-electron chi connectivity index (χ4n) is 2.75. The van der Waals surface area contributed by atoms with E-state index in [1.165, 1.54) is 19.1 Å². The first kappa shape index (κ1) is 18.9. The van der Waals surface area contributed by atoms with Gasteiger partial charge >= 0.3 is 5.97 Å². The predicted octanol–water partition coefficient (Wildman–Crippen LogP) is 0.589. The van der Waals surface area contributed by atoms with E-state index in [9.17, 15) is 14.7 Å². The molecule has 0 unspecified atom stereocenters. The van der Waals surface area contributed by atoms with Gasteiger partial charge in [-0.25, -0.2) is 0 Å². The Bertz CT molecular complexity index is 667. The van der Waals surface area contributed by atoms with Gasteiger partial charge in [0.15, 0.2) is 6.10 Å². The van der Waals surface area contributed by atoms with Gasteiger partial charge in [0.1, 0.15) is 19.4 Å². The molecule has 1 aromatic rings. The van der Waals surface area contributed by atoms with Crippen LogP contribution in [0.3, 0.4) is 0 Å². The van der Waals surface area contributed by atoms with Gasteiger partial charge in [-0.1, -0.05) is 36.9 Å². The summed E-state index contributed by atoms with van der Waals surface area (Å²) >= 11 is 0. The molecule has 1 aromatic carbocycles. The van der Waals surface area contributed by atoms with Crippen LogP contribution < -0.4 is 0 Å². The summed E-state index contributed by atoms with van der Waals surface area (Å²) in [7, 11) is 2.70. The number of methoxy groups -OCH3 is 2. The highest BCUT2D eigenvalue weighted by Crippen LogP contribution is 2.32. The maximum absolute atomic E-state index is 12.0. The number of benzene rings is 1. The molecule has 0 aliphatic carbocycles. The summed E-state index contributed by atoms with van der Waals surface area (Å²) < 4.78 is 15.3. The van der Waals surface area contributed by atoms with E-state index in [1.807, 2.05) is 30.3 Å². The number of amides is 1.